The lowest BCUT2D eigenvalue weighted by Gasteiger charge is -2.20. The number of nitrogens with zero attached hydrogens (tertiary/aromatic N) is 2. The first-order valence-corrected chi connectivity index (χ1v) is 9.14. The lowest BCUT2D eigenvalue weighted by molar-refractivity contribution is -0.141. The smallest absolute Gasteiger partial charge is 0.328 e. The Morgan fingerprint density at radius 2 is 1.97 bits per heavy atom. The van der Waals surface area contributed by atoms with Crippen LogP contribution in [0.5, 0.6) is 0 Å². The zero-order valence-corrected chi connectivity index (χ0v) is 16.3. The third-order valence-corrected chi connectivity index (χ3v) is 3.86. The van der Waals surface area contributed by atoms with Gasteiger partial charge in [-0.05, 0) is 19.8 Å². The van der Waals surface area contributed by atoms with E-state index in [4.69, 9.17) is 20.5 Å². The Hall–Kier alpha value is -2.77. The van der Waals surface area contributed by atoms with Crippen LogP contribution in [-0.2, 0) is 9.59 Å². The molecule has 29 heavy (non-hydrogen) atoms. The summed E-state index contributed by atoms with van der Waals surface area (Å²) in [6.07, 6.45) is -0.481. The van der Waals surface area contributed by atoms with E-state index in [0.717, 1.165) is 6.42 Å². The predicted octanol–water partition coefficient (Wildman–Crippen LogP) is -1.46. The summed E-state index contributed by atoms with van der Waals surface area (Å²) >= 11 is 0. The Morgan fingerprint density at radius 1 is 1.28 bits per heavy atom. The van der Waals surface area contributed by atoms with E-state index in [0.29, 0.717) is 6.54 Å². The summed E-state index contributed by atoms with van der Waals surface area (Å²) in [5.41, 5.74) is 5.63. The summed E-state index contributed by atoms with van der Waals surface area (Å²) in [6, 6.07) is -4.27. The van der Waals surface area contributed by atoms with Crippen molar-refractivity contribution in [1.82, 2.24) is 26.1 Å². The maximum absolute atomic E-state index is 12.2. The lowest BCUT2D eigenvalue weighted by Crippen LogP contribution is -2.51. The Bertz CT molecular complexity index is 680. The molecule has 0 aromatic carbocycles. The van der Waals surface area contributed by atoms with Gasteiger partial charge >= 0.3 is 12.0 Å². The van der Waals surface area contributed by atoms with Crippen LogP contribution in [0.15, 0.2) is 4.52 Å². The Morgan fingerprint density at radius 3 is 2.52 bits per heavy atom. The van der Waals surface area contributed by atoms with Gasteiger partial charge < -0.3 is 41.5 Å². The monoisotopic (exact) mass is 416 g/mol. The molecule has 4 atom stereocenters. The molecule has 0 unspecified atom stereocenters. The molecule has 13 nitrogen and oxygen atoms in total. The third-order valence-electron chi connectivity index (χ3n) is 3.86. The molecule has 0 bridgehead atoms. The summed E-state index contributed by atoms with van der Waals surface area (Å²) in [6.45, 7) is 3.20. The lowest BCUT2D eigenvalue weighted by atomic mass is 10.1. The van der Waals surface area contributed by atoms with E-state index in [-0.39, 0.29) is 30.5 Å². The number of nitrogens with one attached hydrogen (secondary N) is 3. The predicted molar refractivity (Wildman–Crippen MR) is 98.4 cm³/mol. The third kappa shape index (κ3) is 8.01. The van der Waals surface area contributed by atoms with Crippen molar-refractivity contribution in [3.63, 3.8) is 0 Å². The van der Waals surface area contributed by atoms with Crippen LogP contribution in [0, 0.1) is 0 Å². The van der Waals surface area contributed by atoms with Gasteiger partial charge in [0.15, 0.2) is 11.9 Å². The fourth-order valence-corrected chi connectivity index (χ4v) is 2.24. The maximum atomic E-state index is 12.2. The summed E-state index contributed by atoms with van der Waals surface area (Å²) < 4.78 is 5.07. The molecule has 1 aromatic heterocycles. The van der Waals surface area contributed by atoms with Gasteiger partial charge in [0, 0.05) is 13.0 Å². The SMILES string of the molecule is CCCNC(=O)CC[C@H](NC(=O)N[C@H](C(=O)O)[C@@H](C)O)c1nc([C@@H](N)CO)no1. The number of carbonyl (C=O) groups is 3. The van der Waals surface area contributed by atoms with E-state index in [1.807, 2.05) is 6.92 Å². The second kappa shape index (κ2) is 11.9. The molecule has 8 N–H and O–H groups in total. The highest BCUT2D eigenvalue weighted by Crippen LogP contribution is 2.18. The van der Waals surface area contributed by atoms with Crippen molar-refractivity contribution >= 4 is 17.9 Å². The van der Waals surface area contributed by atoms with Gasteiger partial charge in [-0.15, -0.1) is 0 Å². The molecule has 3 amide bonds. The molecule has 0 saturated heterocycles. The fraction of sp³-hybridized carbons (Fsp3) is 0.688. The molecule has 164 valence electrons. The van der Waals surface area contributed by atoms with Gasteiger partial charge in [-0.2, -0.15) is 4.98 Å². The van der Waals surface area contributed by atoms with Gasteiger partial charge in [0.2, 0.25) is 11.8 Å². The molecule has 1 heterocycles. The van der Waals surface area contributed by atoms with Crippen molar-refractivity contribution in [3.8, 4) is 0 Å². The summed E-state index contributed by atoms with van der Waals surface area (Å²) in [4.78, 5) is 39.2. The van der Waals surface area contributed by atoms with Crippen molar-refractivity contribution < 1.29 is 34.2 Å². The molecule has 1 aromatic rings. The first-order chi connectivity index (χ1) is 13.7. The fourth-order valence-electron chi connectivity index (χ4n) is 2.24. The van der Waals surface area contributed by atoms with Crippen LogP contribution < -0.4 is 21.7 Å². The number of hydrogen-bond donors (Lipinski definition) is 7. The number of aliphatic hydroxyl groups is 2. The van der Waals surface area contributed by atoms with Crippen LogP contribution >= 0.6 is 0 Å². The number of amides is 3. The van der Waals surface area contributed by atoms with E-state index in [1.165, 1.54) is 6.92 Å². The maximum Gasteiger partial charge on any atom is 0.328 e. The standard InChI is InChI=1S/C16H28N6O7/c1-3-6-18-11(25)5-4-10(14-21-13(22-29-14)9(17)7-23)19-16(28)20-12(8(2)24)15(26)27/h8-10,12,23-24H,3-7,17H2,1-2H3,(H,18,25)(H,26,27)(H2,19,20,28)/t8-,9+,10+,12+/m1/s1. The van der Waals surface area contributed by atoms with Crippen LogP contribution in [0.25, 0.3) is 0 Å². The Balaban J connectivity index is 2.89. The first-order valence-electron chi connectivity index (χ1n) is 9.14. The molecular weight excluding hydrogens is 388 g/mol. The quantitative estimate of drug-likeness (QED) is 0.210. The molecule has 13 heteroatoms. The van der Waals surface area contributed by atoms with E-state index < -0.39 is 42.8 Å². The number of rotatable bonds is 12. The average molecular weight is 416 g/mol. The Kier molecular flexibility index (Phi) is 9.99. The van der Waals surface area contributed by atoms with Gasteiger partial charge in [-0.3, -0.25) is 4.79 Å². The molecular formula is C16H28N6O7. The van der Waals surface area contributed by atoms with E-state index in [2.05, 4.69) is 26.1 Å². The van der Waals surface area contributed by atoms with Crippen LogP contribution in [0.2, 0.25) is 0 Å². The highest BCUT2D eigenvalue weighted by Gasteiger charge is 2.28. The number of carboxylic acids is 1. The number of aromatic nitrogens is 2. The summed E-state index contributed by atoms with van der Waals surface area (Å²) in [5.74, 6) is -1.72. The number of aliphatic hydroxyl groups excluding tert-OH is 2. The molecule has 0 aliphatic heterocycles. The highest BCUT2D eigenvalue weighted by molar-refractivity contribution is 5.83. The van der Waals surface area contributed by atoms with Crippen molar-refractivity contribution in [2.24, 2.45) is 5.73 Å². The summed E-state index contributed by atoms with van der Waals surface area (Å²) in [5, 5.41) is 38.5. The van der Waals surface area contributed by atoms with Crippen molar-refractivity contribution in [3.05, 3.63) is 11.7 Å². The minimum absolute atomic E-state index is 0.0116. The topological polar surface area (TPSA) is 213 Å². The van der Waals surface area contributed by atoms with Gasteiger partial charge in [0.1, 0.15) is 6.04 Å². The molecule has 0 fully saturated rings. The van der Waals surface area contributed by atoms with Crippen molar-refractivity contribution in [2.45, 2.75) is 57.3 Å². The molecule has 0 radical (unpaired) electrons. The molecule has 0 aliphatic carbocycles. The zero-order chi connectivity index (χ0) is 22.0. The number of carboxylic acid groups (broad SMARTS) is 1. The largest absolute Gasteiger partial charge is 0.480 e. The van der Waals surface area contributed by atoms with Gasteiger partial charge in [0.05, 0.1) is 18.8 Å². The number of nitrogens with two attached hydrogens (primary N) is 1. The Labute approximate surface area is 167 Å². The second-order valence-electron chi connectivity index (χ2n) is 6.40. The number of carbonyl (C=O) groups excluding carboxylic acids is 2. The van der Waals surface area contributed by atoms with Gasteiger partial charge in [0.25, 0.3) is 0 Å². The summed E-state index contributed by atoms with van der Waals surface area (Å²) in [7, 11) is 0. The van der Waals surface area contributed by atoms with Crippen LogP contribution in [0.3, 0.4) is 0 Å². The number of hydrogen-bond acceptors (Lipinski definition) is 9. The molecule has 1 rings (SSSR count). The average Bonchev–Trinajstić information content (AvgIpc) is 3.16. The van der Waals surface area contributed by atoms with Crippen molar-refractivity contribution in [2.75, 3.05) is 13.2 Å². The molecule has 0 saturated carbocycles. The minimum Gasteiger partial charge on any atom is -0.480 e. The van der Waals surface area contributed by atoms with Crippen molar-refractivity contribution in [1.29, 1.82) is 0 Å². The van der Waals surface area contributed by atoms with E-state index in [9.17, 15) is 19.5 Å². The van der Waals surface area contributed by atoms with Crippen LogP contribution in [0.4, 0.5) is 4.79 Å². The first kappa shape index (κ1) is 24.3. The zero-order valence-electron chi connectivity index (χ0n) is 16.3. The van der Waals surface area contributed by atoms with Gasteiger partial charge in [-0.25, -0.2) is 9.59 Å². The van der Waals surface area contributed by atoms with Gasteiger partial charge in [-0.1, -0.05) is 12.1 Å². The highest BCUT2D eigenvalue weighted by atomic mass is 16.5. The van der Waals surface area contributed by atoms with E-state index >= 15 is 0 Å². The molecule has 0 spiro atoms. The number of urea groups is 1. The van der Waals surface area contributed by atoms with Crippen LogP contribution in [-0.4, -0.2) is 68.7 Å². The second-order valence-corrected chi connectivity index (χ2v) is 6.40. The van der Waals surface area contributed by atoms with E-state index in [1.54, 1.807) is 0 Å². The van der Waals surface area contributed by atoms with Crippen LogP contribution in [0.1, 0.15) is 56.9 Å². The normalized spacial score (nSPS) is 15.1. The minimum atomic E-state index is -1.54. The number of aliphatic carboxylic acids is 1. The molecule has 0 aliphatic rings.